The monoisotopic (exact) mass is 300 g/mol. The first-order valence-corrected chi connectivity index (χ1v) is 6.72. The molecular formula is C14H18F2N2O3. The number of nitrogens with zero attached hydrogens (tertiary/aromatic N) is 1. The highest BCUT2D eigenvalue weighted by atomic mass is 19.1. The van der Waals surface area contributed by atoms with Crippen LogP contribution in [0.25, 0.3) is 0 Å². The second-order valence-corrected chi connectivity index (χ2v) is 5.09. The van der Waals surface area contributed by atoms with Crippen molar-refractivity contribution in [1.82, 2.24) is 4.90 Å². The topological polar surface area (TPSA) is 61.8 Å². The number of carbonyl (C=O) groups is 1. The van der Waals surface area contributed by atoms with Crippen molar-refractivity contribution < 1.29 is 23.4 Å². The number of hydrogen-bond acceptors (Lipinski definition) is 4. The molecule has 2 unspecified atom stereocenters. The molecule has 116 valence electrons. The zero-order chi connectivity index (χ0) is 15.4. The van der Waals surface area contributed by atoms with E-state index in [1.54, 1.807) is 4.90 Å². The van der Waals surface area contributed by atoms with E-state index in [0.717, 1.165) is 12.1 Å². The van der Waals surface area contributed by atoms with Crippen molar-refractivity contribution in [2.45, 2.75) is 19.1 Å². The maximum atomic E-state index is 13.4. The molecule has 1 aromatic carbocycles. The van der Waals surface area contributed by atoms with Crippen LogP contribution < -0.4 is 5.32 Å². The van der Waals surface area contributed by atoms with Gasteiger partial charge in [0.05, 0.1) is 25.4 Å². The largest absolute Gasteiger partial charge is 0.394 e. The zero-order valence-corrected chi connectivity index (χ0v) is 11.7. The quantitative estimate of drug-likeness (QED) is 0.870. The zero-order valence-electron chi connectivity index (χ0n) is 11.7. The number of aliphatic hydroxyl groups is 1. The Labute approximate surface area is 121 Å². The van der Waals surface area contributed by atoms with Crippen molar-refractivity contribution in [3.8, 4) is 0 Å². The third-order valence-corrected chi connectivity index (χ3v) is 3.20. The van der Waals surface area contributed by atoms with Crippen LogP contribution in [0.15, 0.2) is 18.2 Å². The van der Waals surface area contributed by atoms with Gasteiger partial charge in [-0.1, -0.05) is 6.07 Å². The van der Waals surface area contributed by atoms with Gasteiger partial charge in [-0.2, -0.15) is 0 Å². The van der Waals surface area contributed by atoms with E-state index in [1.807, 2.05) is 6.92 Å². The Morgan fingerprint density at radius 2 is 2.10 bits per heavy atom. The van der Waals surface area contributed by atoms with Crippen LogP contribution in [-0.4, -0.2) is 54.4 Å². The summed E-state index contributed by atoms with van der Waals surface area (Å²) in [5.41, 5.74) is -0.442. The molecule has 2 N–H and O–H groups in total. The third kappa shape index (κ3) is 4.20. The van der Waals surface area contributed by atoms with Crippen LogP contribution in [0.4, 0.5) is 14.5 Å². The Kier molecular flexibility index (Phi) is 5.22. The van der Waals surface area contributed by atoms with Crippen molar-refractivity contribution in [1.29, 1.82) is 0 Å². The third-order valence-electron chi connectivity index (χ3n) is 3.20. The Morgan fingerprint density at radius 3 is 2.71 bits per heavy atom. The Morgan fingerprint density at radius 1 is 1.43 bits per heavy atom. The fraction of sp³-hybridized carbons (Fsp3) is 0.500. The molecule has 2 atom stereocenters. The van der Waals surface area contributed by atoms with Crippen LogP contribution in [0.2, 0.25) is 0 Å². The van der Waals surface area contributed by atoms with Crippen molar-refractivity contribution in [3.05, 3.63) is 29.8 Å². The van der Waals surface area contributed by atoms with Gasteiger partial charge in [-0.05, 0) is 19.1 Å². The van der Waals surface area contributed by atoms with Crippen molar-refractivity contribution in [2.75, 3.05) is 31.6 Å². The smallest absolute Gasteiger partial charge is 0.238 e. The number of halogens is 2. The summed E-state index contributed by atoms with van der Waals surface area (Å²) in [7, 11) is 0. The van der Waals surface area contributed by atoms with E-state index < -0.39 is 23.2 Å². The molecule has 1 heterocycles. The summed E-state index contributed by atoms with van der Waals surface area (Å²) in [5.74, 6) is -2.14. The highest BCUT2D eigenvalue weighted by Crippen LogP contribution is 2.18. The molecule has 0 saturated carbocycles. The lowest BCUT2D eigenvalue weighted by molar-refractivity contribution is -0.124. The van der Waals surface area contributed by atoms with Gasteiger partial charge in [0.2, 0.25) is 5.91 Å². The number of carbonyl (C=O) groups excluding carboxylic acids is 1. The molecule has 0 bridgehead atoms. The SMILES string of the molecule is CC1CN(CC(=O)Nc2c(F)cccc2F)CC(CO)O1. The fourth-order valence-corrected chi connectivity index (χ4v) is 2.37. The van der Waals surface area contributed by atoms with E-state index in [1.165, 1.54) is 6.07 Å². The number of amides is 1. The minimum absolute atomic E-state index is 0.0159. The Balaban J connectivity index is 1.95. The first-order chi connectivity index (χ1) is 9.99. The molecule has 0 aromatic heterocycles. The molecule has 1 fully saturated rings. The highest BCUT2D eigenvalue weighted by Gasteiger charge is 2.26. The summed E-state index contributed by atoms with van der Waals surface area (Å²) in [6, 6.07) is 3.39. The van der Waals surface area contributed by atoms with Crippen LogP contribution in [0, 0.1) is 11.6 Å². The number of anilines is 1. The maximum absolute atomic E-state index is 13.4. The lowest BCUT2D eigenvalue weighted by Gasteiger charge is -2.35. The molecule has 1 amide bonds. The average Bonchev–Trinajstić information content (AvgIpc) is 2.42. The highest BCUT2D eigenvalue weighted by molar-refractivity contribution is 5.92. The molecule has 1 aromatic rings. The van der Waals surface area contributed by atoms with E-state index in [2.05, 4.69) is 5.32 Å². The number of morpholine rings is 1. The van der Waals surface area contributed by atoms with Crippen LogP contribution in [-0.2, 0) is 9.53 Å². The minimum Gasteiger partial charge on any atom is -0.394 e. The van der Waals surface area contributed by atoms with E-state index in [-0.39, 0.29) is 25.4 Å². The van der Waals surface area contributed by atoms with Gasteiger partial charge in [0.1, 0.15) is 17.3 Å². The lowest BCUT2D eigenvalue weighted by atomic mass is 10.2. The number of hydrogen-bond donors (Lipinski definition) is 2. The van der Waals surface area contributed by atoms with Gasteiger partial charge >= 0.3 is 0 Å². The van der Waals surface area contributed by atoms with E-state index >= 15 is 0 Å². The maximum Gasteiger partial charge on any atom is 0.238 e. The molecule has 7 heteroatoms. The van der Waals surface area contributed by atoms with Crippen molar-refractivity contribution >= 4 is 11.6 Å². The molecule has 5 nitrogen and oxygen atoms in total. The van der Waals surface area contributed by atoms with E-state index in [0.29, 0.717) is 13.1 Å². The summed E-state index contributed by atoms with van der Waals surface area (Å²) in [6.45, 7) is 2.60. The van der Waals surface area contributed by atoms with Crippen LogP contribution >= 0.6 is 0 Å². The van der Waals surface area contributed by atoms with Crippen LogP contribution in [0.3, 0.4) is 0 Å². The number of para-hydroxylation sites is 1. The molecule has 0 radical (unpaired) electrons. The Bertz CT molecular complexity index is 493. The Hall–Kier alpha value is -1.57. The second-order valence-electron chi connectivity index (χ2n) is 5.09. The number of rotatable bonds is 4. The summed E-state index contributed by atoms with van der Waals surface area (Å²) in [5, 5.41) is 11.4. The van der Waals surface area contributed by atoms with Gasteiger partial charge in [-0.25, -0.2) is 8.78 Å². The van der Waals surface area contributed by atoms with Crippen molar-refractivity contribution in [3.63, 3.8) is 0 Å². The number of aliphatic hydroxyl groups excluding tert-OH is 1. The summed E-state index contributed by atoms with van der Waals surface area (Å²) in [6.07, 6.45) is -0.472. The molecular weight excluding hydrogens is 282 g/mol. The summed E-state index contributed by atoms with van der Waals surface area (Å²) < 4.78 is 32.4. The van der Waals surface area contributed by atoms with Gasteiger partial charge in [0, 0.05) is 13.1 Å². The molecule has 2 rings (SSSR count). The van der Waals surface area contributed by atoms with Crippen molar-refractivity contribution in [2.24, 2.45) is 0 Å². The van der Waals surface area contributed by atoms with Crippen LogP contribution in [0.5, 0.6) is 0 Å². The first-order valence-electron chi connectivity index (χ1n) is 6.72. The van der Waals surface area contributed by atoms with Crippen LogP contribution in [0.1, 0.15) is 6.92 Å². The van der Waals surface area contributed by atoms with Gasteiger partial charge in [0.15, 0.2) is 0 Å². The van der Waals surface area contributed by atoms with Gasteiger partial charge in [-0.15, -0.1) is 0 Å². The lowest BCUT2D eigenvalue weighted by Crippen LogP contribution is -2.50. The fourth-order valence-electron chi connectivity index (χ4n) is 2.37. The molecule has 1 aliphatic heterocycles. The van der Waals surface area contributed by atoms with Gasteiger partial charge in [0.25, 0.3) is 0 Å². The number of benzene rings is 1. The first kappa shape index (κ1) is 15.8. The molecule has 0 spiro atoms. The minimum atomic E-state index is -0.813. The molecule has 1 aliphatic rings. The van der Waals surface area contributed by atoms with Gasteiger partial charge < -0.3 is 15.2 Å². The van der Waals surface area contributed by atoms with E-state index in [4.69, 9.17) is 9.84 Å². The second kappa shape index (κ2) is 6.93. The van der Waals surface area contributed by atoms with Gasteiger partial charge in [-0.3, -0.25) is 9.69 Å². The standard InChI is InChI=1S/C14H18F2N2O3/c1-9-5-18(6-10(8-19)21-9)7-13(20)17-14-11(15)3-2-4-12(14)16/h2-4,9-10,19H,5-8H2,1H3,(H,17,20). The summed E-state index contributed by atoms with van der Waals surface area (Å²) in [4.78, 5) is 13.7. The normalized spacial score (nSPS) is 23.0. The molecule has 0 aliphatic carbocycles. The number of nitrogens with one attached hydrogen (secondary N) is 1. The number of ether oxygens (including phenoxy) is 1. The molecule has 21 heavy (non-hydrogen) atoms. The summed E-state index contributed by atoms with van der Waals surface area (Å²) >= 11 is 0. The predicted molar refractivity (Wildman–Crippen MR) is 72.8 cm³/mol. The molecule has 1 saturated heterocycles. The van der Waals surface area contributed by atoms with E-state index in [9.17, 15) is 13.6 Å². The average molecular weight is 300 g/mol. The predicted octanol–water partition coefficient (Wildman–Crippen LogP) is 0.985.